The number of phenols is 2. The maximum atomic E-state index is 12.5. The number of fused-ring (bicyclic) bond motifs is 1. The number of aromatic hydroxyl groups is 2. The Kier molecular flexibility index (Phi) is 3.27. The molecule has 0 saturated heterocycles. The first kappa shape index (κ1) is 13.5. The summed E-state index contributed by atoms with van der Waals surface area (Å²) in [4.78, 5) is 12.5. The second-order valence-corrected chi connectivity index (χ2v) is 4.80. The smallest absolute Gasteiger partial charge is 0.203 e. The quantitative estimate of drug-likeness (QED) is 0.886. The molecule has 2 aromatic carbocycles. The number of phenolic OH excluding ortho intramolecular Hbond substituents is 2. The van der Waals surface area contributed by atoms with Crippen LogP contribution in [0.4, 0.5) is 0 Å². The number of ketones is 1. The van der Waals surface area contributed by atoms with Gasteiger partial charge in [-0.3, -0.25) is 4.79 Å². The number of methoxy groups -OCH3 is 1. The van der Waals surface area contributed by atoms with Gasteiger partial charge in [0, 0.05) is 7.11 Å². The first-order chi connectivity index (χ1) is 10.1. The van der Waals surface area contributed by atoms with Crippen molar-refractivity contribution in [3.63, 3.8) is 0 Å². The molecule has 1 heterocycles. The van der Waals surface area contributed by atoms with Crippen LogP contribution in [-0.2, 0) is 4.74 Å². The first-order valence-corrected chi connectivity index (χ1v) is 6.46. The molecule has 0 unspecified atom stereocenters. The fraction of sp³-hybridized carbons (Fsp3) is 0.188. The molecule has 5 heteroatoms. The highest BCUT2D eigenvalue weighted by molar-refractivity contribution is 6.05. The Balaban J connectivity index is 2.07. The van der Waals surface area contributed by atoms with Crippen LogP contribution in [0.15, 0.2) is 42.5 Å². The van der Waals surface area contributed by atoms with E-state index in [0.717, 1.165) is 0 Å². The Hall–Kier alpha value is -2.53. The van der Waals surface area contributed by atoms with Crippen molar-refractivity contribution in [1.29, 1.82) is 0 Å². The van der Waals surface area contributed by atoms with Crippen LogP contribution in [0, 0.1) is 0 Å². The molecular weight excluding hydrogens is 272 g/mol. The minimum atomic E-state index is -0.852. The molecule has 2 atom stereocenters. The number of carbonyl (C=O) groups excluding carboxylic acids is 1. The average molecular weight is 286 g/mol. The van der Waals surface area contributed by atoms with Gasteiger partial charge in [0.05, 0.1) is 0 Å². The van der Waals surface area contributed by atoms with E-state index in [9.17, 15) is 15.0 Å². The lowest BCUT2D eigenvalue weighted by molar-refractivity contribution is -0.000998. The van der Waals surface area contributed by atoms with Crippen LogP contribution in [0.25, 0.3) is 0 Å². The van der Waals surface area contributed by atoms with Gasteiger partial charge in [0.2, 0.25) is 5.78 Å². The molecule has 0 aromatic heterocycles. The van der Waals surface area contributed by atoms with Crippen molar-refractivity contribution >= 4 is 5.78 Å². The van der Waals surface area contributed by atoms with E-state index >= 15 is 0 Å². The second kappa shape index (κ2) is 5.10. The van der Waals surface area contributed by atoms with E-state index in [4.69, 9.17) is 9.47 Å². The fourth-order valence-corrected chi connectivity index (χ4v) is 2.48. The molecule has 108 valence electrons. The van der Waals surface area contributed by atoms with Crippen molar-refractivity contribution in [2.45, 2.75) is 12.2 Å². The summed E-state index contributed by atoms with van der Waals surface area (Å²) in [5.41, 5.74) is 0.848. The third-order valence-corrected chi connectivity index (χ3v) is 3.51. The van der Waals surface area contributed by atoms with Gasteiger partial charge in [0.25, 0.3) is 0 Å². The minimum absolute atomic E-state index is 0.122. The second-order valence-electron chi connectivity index (χ2n) is 4.80. The average Bonchev–Trinajstić information content (AvgIpc) is 2.48. The summed E-state index contributed by atoms with van der Waals surface area (Å²) in [6.45, 7) is 0. The summed E-state index contributed by atoms with van der Waals surface area (Å²) in [5.74, 6) is 0.0119. The highest BCUT2D eigenvalue weighted by Gasteiger charge is 2.39. The number of rotatable bonds is 2. The van der Waals surface area contributed by atoms with Crippen molar-refractivity contribution in [2.24, 2.45) is 0 Å². The van der Waals surface area contributed by atoms with E-state index in [0.29, 0.717) is 11.3 Å². The maximum absolute atomic E-state index is 12.5. The topological polar surface area (TPSA) is 76.0 Å². The predicted octanol–water partition coefficient (Wildman–Crippen LogP) is 2.43. The summed E-state index contributed by atoms with van der Waals surface area (Å²) in [6, 6.07) is 11.1. The molecule has 0 spiro atoms. The van der Waals surface area contributed by atoms with E-state index in [1.807, 2.05) is 0 Å². The van der Waals surface area contributed by atoms with Gasteiger partial charge in [-0.05, 0) is 29.8 Å². The molecule has 21 heavy (non-hydrogen) atoms. The number of benzene rings is 2. The first-order valence-electron chi connectivity index (χ1n) is 6.46. The molecule has 1 aliphatic rings. The van der Waals surface area contributed by atoms with Gasteiger partial charge < -0.3 is 19.7 Å². The molecule has 2 aromatic rings. The molecule has 0 bridgehead atoms. The van der Waals surface area contributed by atoms with Gasteiger partial charge in [-0.2, -0.15) is 0 Å². The lowest BCUT2D eigenvalue weighted by Crippen LogP contribution is -2.37. The molecular formula is C16H14O5. The van der Waals surface area contributed by atoms with Crippen molar-refractivity contribution in [2.75, 3.05) is 7.11 Å². The van der Waals surface area contributed by atoms with E-state index in [1.165, 1.54) is 25.3 Å². The number of hydrogen-bond acceptors (Lipinski definition) is 5. The van der Waals surface area contributed by atoms with Crippen molar-refractivity contribution in [3.05, 3.63) is 53.6 Å². The highest BCUT2D eigenvalue weighted by atomic mass is 16.5. The van der Waals surface area contributed by atoms with E-state index in [-0.39, 0.29) is 22.8 Å². The monoisotopic (exact) mass is 286 g/mol. The van der Waals surface area contributed by atoms with E-state index in [2.05, 4.69) is 0 Å². The zero-order chi connectivity index (χ0) is 15.0. The Morgan fingerprint density at radius 3 is 2.48 bits per heavy atom. The lowest BCUT2D eigenvalue weighted by Gasteiger charge is -2.32. The van der Waals surface area contributed by atoms with Gasteiger partial charge in [-0.1, -0.05) is 18.2 Å². The molecule has 0 amide bonds. The van der Waals surface area contributed by atoms with Crippen molar-refractivity contribution < 1.29 is 24.5 Å². The van der Waals surface area contributed by atoms with Gasteiger partial charge >= 0.3 is 0 Å². The van der Waals surface area contributed by atoms with E-state index in [1.54, 1.807) is 24.3 Å². The largest absolute Gasteiger partial charge is 0.508 e. The summed E-state index contributed by atoms with van der Waals surface area (Å²) < 4.78 is 11.1. The maximum Gasteiger partial charge on any atom is 0.203 e. The Morgan fingerprint density at radius 1 is 1.10 bits per heavy atom. The summed E-state index contributed by atoms with van der Waals surface area (Å²) >= 11 is 0. The third kappa shape index (κ3) is 2.21. The standard InChI is InChI=1S/C16H14O5/c1-20-16-14(19)13-11(18)3-2-4-12(13)21-15(16)9-5-7-10(17)8-6-9/h2-8,15-18H,1H3/t15-,16+/m0/s1. The normalized spacial score (nSPS) is 20.7. The number of Topliss-reactive ketones (excluding diaryl/α,β-unsaturated/α-hetero) is 1. The number of ether oxygens (including phenoxy) is 2. The summed E-state index contributed by atoms with van der Waals surface area (Å²) in [6.07, 6.45) is -1.48. The van der Waals surface area contributed by atoms with Crippen LogP contribution in [0.5, 0.6) is 17.2 Å². The Morgan fingerprint density at radius 2 is 1.81 bits per heavy atom. The molecule has 3 rings (SSSR count). The molecule has 0 aliphatic carbocycles. The molecule has 1 aliphatic heterocycles. The highest BCUT2D eigenvalue weighted by Crippen LogP contribution is 2.40. The van der Waals surface area contributed by atoms with E-state index < -0.39 is 12.2 Å². The molecule has 0 saturated carbocycles. The summed E-state index contributed by atoms with van der Waals surface area (Å²) in [5, 5.41) is 19.2. The molecule has 0 radical (unpaired) electrons. The SMILES string of the molecule is CO[C@@H]1C(=O)c2c(O)cccc2O[C@H]1c1ccc(O)cc1. The van der Waals surface area contributed by atoms with Gasteiger partial charge in [-0.25, -0.2) is 0 Å². The van der Waals surface area contributed by atoms with Crippen molar-refractivity contribution in [3.8, 4) is 17.2 Å². The van der Waals surface area contributed by atoms with Crippen LogP contribution < -0.4 is 4.74 Å². The fourth-order valence-electron chi connectivity index (χ4n) is 2.48. The molecule has 5 nitrogen and oxygen atoms in total. The van der Waals surface area contributed by atoms with Gasteiger partial charge in [0.1, 0.15) is 22.8 Å². The third-order valence-electron chi connectivity index (χ3n) is 3.51. The minimum Gasteiger partial charge on any atom is -0.508 e. The van der Waals surface area contributed by atoms with Crippen LogP contribution in [-0.4, -0.2) is 29.2 Å². The predicted molar refractivity (Wildman–Crippen MR) is 74.7 cm³/mol. The molecule has 2 N–H and O–H groups in total. The lowest BCUT2D eigenvalue weighted by atomic mass is 9.93. The van der Waals surface area contributed by atoms with Crippen molar-refractivity contribution in [1.82, 2.24) is 0 Å². The zero-order valence-electron chi connectivity index (χ0n) is 11.3. The Bertz CT molecular complexity index is 678. The van der Waals surface area contributed by atoms with Gasteiger partial charge in [0.15, 0.2) is 12.2 Å². The van der Waals surface area contributed by atoms with Crippen LogP contribution >= 0.6 is 0 Å². The number of carbonyl (C=O) groups is 1. The zero-order valence-corrected chi connectivity index (χ0v) is 11.3. The van der Waals surface area contributed by atoms with Crippen LogP contribution in [0.3, 0.4) is 0 Å². The summed E-state index contributed by atoms with van der Waals surface area (Å²) in [7, 11) is 1.42. The van der Waals surface area contributed by atoms with Crippen LogP contribution in [0.1, 0.15) is 22.0 Å². The molecule has 0 fully saturated rings. The van der Waals surface area contributed by atoms with Crippen LogP contribution in [0.2, 0.25) is 0 Å². The Labute approximate surface area is 121 Å². The van der Waals surface area contributed by atoms with Gasteiger partial charge in [-0.15, -0.1) is 0 Å². The number of hydrogen-bond donors (Lipinski definition) is 2.